The van der Waals surface area contributed by atoms with E-state index in [2.05, 4.69) is 55.4 Å². The van der Waals surface area contributed by atoms with Crippen LogP contribution in [0.25, 0.3) is 0 Å². The zero-order valence-electron chi connectivity index (χ0n) is 62.3. The first-order valence-corrected chi connectivity index (χ1v) is 42.2. The lowest BCUT2D eigenvalue weighted by Gasteiger charge is -2.21. The molecule has 2 unspecified atom stereocenters. The molecule has 5 atom stereocenters. The molecule has 0 radical (unpaired) electrons. The molecule has 0 bridgehead atoms. The van der Waals surface area contributed by atoms with Gasteiger partial charge in [0.2, 0.25) is 0 Å². The molecule has 0 aromatic rings. The van der Waals surface area contributed by atoms with Gasteiger partial charge in [-0.3, -0.25) is 37.3 Å². The van der Waals surface area contributed by atoms with Crippen LogP contribution in [0.15, 0.2) is 0 Å². The molecular weight excluding hydrogens is 1250 g/mol. The molecular formula is C76H148O17P2. The number of unbranched alkanes of at least 4 members (excludes halogenated alkanes) is 39. The molecule has 95 heavy (non-hydrogen) atoms. The van der Waals surface area contributed by atoms with Gasteiger partial charge in [-0.1, -0.05) is 331 Å². The summed E-state index contributed by atoms with van der Waals surface area (Å²) in [6, 6.07) is 0. The standard InChI is InChI=1S/C76H148O17P2/c1-66(2)52-44-36-28-22-18-15-13-11-9-10-12-14-16-20-25-32-42-50-58-75(80)92-71(62-86-73(78)56-48-40-31-24-21-17-19-23-29-37-45-53-67(3)4)64-90-94(82,83)88-60-70(77)61-89-95(84,85)91-65-72(63-87-74(79)57-49-41-35-34-39-47-55-69(7)8)93-76(81)59-51-43-33-27-26-30-38-46-54-68(5)6/h66-72,77H,9-65H2,1-8H3,(H,82,83)(H,84,85)/t70-,71-,72-/m1/s1. The molecule has 17 nitrogen and oxygen atoms in total. The van der Waals surface area contributed by atoms with Crippen LogP contribution in [0.1, 0.15) is 383 Å². The minimum Gasteiger partial charge on any atom is -0.462 e. The molecule has 0 saturated carbocycles. The largest absolute Gasteiger partial charge is 0.472 e. The Balaban J connectivity index is 5.20. The summed E-state index contributed by atoms with van der Waals surface area (Å²) in [6.45, 7) is 14.1. The predicted octanol–water partition coefficient (Wildman–Crippen LogP) is 22.0. The number of ether oxygens (including phenoxy) is 4. The van der Waals surface area contributed by atoms with E-state index in [0.29, 0.717) is 31.6 Å². The van der Waals surface area contributed by atoms with Crippen LogP contribution in [0.4, 0.5) is 0 Å². The fraction of sp³-hybridized carbons (Fsp3) is 0.947. The van der Waals surface area contributed by atoms with Crippen molar-refractivity contribution in [1.29, 1.82) is 0 Å². The number of carbonyl (C=O) groups is 4. The van der Waals surface area contributed by atoms with E-state index >= 15 is 0 Å². The number of aliphatic hydroxyl groups excluding tert-OH is 1. The second kappa shape index (κ2) is 65.4. The Hall–Kier alpha value is -1.94. The van der Waals surface area contributed by atoms with E-state index in [9.17, 15) is 43.2 Å². The van der Waals surface area contributed by atoms with Crippen molar-refractivity contribution in [3.8, 4) is 0 Å². The maximum absolute atomic E-state index is 13.1. The number of aliphatic hydroxyl groups is 1. The van der Waals surface area contributed by atoms with Gasteiger partial charge in [0.1, 0.15) is 19.3 Å². The van der Waals surface area contributed by atoms with Crippen LogP contribution < -0.4 is 0 Å². The highest BCUT2D eigenvalue weighted by atomic mass is 31.2. The predicted molar refractivity (Wildman–Crippen MR) is 386 cm³/mol. The Labute approximate surface area is 581 Å². The molecule has 0 aromatic heterocycles. The minimum atomic E-state index is -4.96. The van der Waals surface area contributed by atoms with Gasteiger partial charge < -0.3 is 33.8 Å². The number of phosphoric ester groups is 2. The van der Waals surface area contributed by atoms with E-state index in [4.69, 9.17) is 37.0 Å². The van der Waals surface area contributed by atoms with Gasteiger partial charge in [0, 0.05) is 25.7 Å². The van der Waals surface area contributed by atoms with Crippen LogP contribution in [-0.2, 0) is 65.4 Å². The first-order valence-electron chi connectivity index (χ1n) is 39.2. The number of phosphoric acid groups is 2. The van der Waals surface area contributed by atoms with Crippen molar-refractivity contribution in [2.45, 2.75) is 401 Å². The van der Waals surface area contributed by atoms with Crippen molar-refractivity contribution >= 4 is 39.5 Å². The average molecular weight is 1400 g/mol. The fourth-order valence-corrected chi connectivity index (χ4v) is 13.1. The van der Waals surface area contributed by atoms with Gasteiger partial charge in [-0.15, -0.1) is 0 Å². The zero-order chi connectivity index (χ0) is 70.3. The monoisotopic (exact) mass is 1400 g/mol. The number of hydrogen-bond acceptors (Lipinski definition) is 15. The second-order valence-corrected chi connectivity index (χ2v) is 32.2. The van der Waals surface area contributed by atoms with Gasteiger partial charge in [-0.25, -0.2) is 9.13 Å². The van der Waals surface area contributed by atoms with Crippen LogP contribution in [0, 0.1) is 23.7 Å². The highest BCUT2D eigenvalue weighted by Crippen LogP contribution is 2.45. The van der Waals surface area contributed by atoms with Crippen LogP contribution in [0.5, 0.6) is 0 Å². The SMILES string of the molecule is CC(C)CCCCCCCCCCCCCCCCCCCCC(=O)O[C@H](COC(=O)CCCCCCCCCCCCCC(C)C)COP(=O)(O)OC[C@@H](O)COP(=O)(O)OC[C@@H](COC(=O)CCCCCCCCC(C)C)OC(=O)CCCCCCCCCCC(C)C. The Morgan fingerprint density at radius 3 is 0.653 bits per heavy atom. The van der Waals surface area contributed by atoms with Gasteiger partial charge >= 0.3 is 39.5 Å². The van der Waals surface area contributed by atoms with E-state index in [-0.39, 0.29) is 25.7 Å². The van der Waals surface area contributed by atoms with Crippen LogP contribution >= 0.6 is 15.6 Å². The van der Waals surface area contributed by atoms with Gasteiger partial charge in [0.05, 0.1) is 26.4 Å². The third-order valence-electron chi connectivity index (χ3n) is 17.6. The van der Waals surface area contributed by atoms with Gasteiger partial charge in [0.25, 0.3) is 0 Å². The topological polar surface area (TPSA) is 237 Å². The third kappa shape index (κ3) is 70.3. The summed E-state index contributed by atoms with van der Waals surface area (Å²) >= 11 is 0. The van der Waals surface area contributed by atoms with Gasteiger partial charge in [-0.2, -0.15) is 0 Å². The lowest BCUT2D eigenvalue weighted by molar-refractivity contribution is -0.161. The fourth-order valence-electron chi connectivity index (χ4n) is 11.6. The minimum absolute atomic E-state index is 0.103. The zero-order valence-corrected chi connectivity index (χ0v) is 64.1. The van der Waals surface area contributed by atoms with Crippen LogP contribution in [0.2, 0.25) is 0 Å². The molecule has 19 heteroatoms. The summed E-state index contributed by atoms with van der Waals surface area (Å²) < 4.78 is 68.4. The summed E-state index contributed by atoms with van der Waals surface area (Å²) in [5, 5.41) is 10.6. The highest BCUT2D eigenvalue weighted by molar-refractivity contribution is 7.47. The van der Waals surface area contributed by atoms with E-state index in [1.807, 2.05) is 0 Å². The Morgan fingerprint density at radius 1 is 0.263 bits per heavy atom. The van der Waals surface area contributed by atoms with Crippen LogP contribution in [-0.4, -0.2) is 96.7 Å². The molecule has 0 aliphatic heterocycles. The van der Waals surface area contributed by atoms with Crippen molar-refractivity contribution in [2.24, 2.45) is 23.7 Å². The highest BCUT2D eigenvalue weighted by Gasteiger charge is 2.30. The van der Waals surface area contributed by atoms with Crippen molar-refractivity contribution in [3.63, 3.8) is 0 Å². The summed E-state index contributed by atoms with van der Waals surface area (Å²) in [4.78, 5) is 72.7. The van der Waals surface area contributed by atoms with Gasteiger partial charge in [-0.05, 0) is 49.4 Å². The van der Waals surface area contributed by atoms with Crippen molar-refractivity contribution < 1.29 is 80.2 Å². The molecule has 0 spiro atoms. The molecule has 0 aliphatic carbocycles. The molecule has 0 aromatic carbocycles. The molecule has 0 saturated heterocycles. The van der Waals surface area contributed by atoms with E-state index < -0.39 is 97.5 Å². The molecule has 0 amide bonds. The Bertz CT molecular complexity index is 1870. The molecule has 0 heterocycles. The molecule has 0 aliphatic rings. The van der Waals surface area contributed by atoms with Gasteiger partial charge in [0.15, 0.2) is 12.2 Å². The van der Waals surface area contributed by atoms with Crippen molar-refractivity contribution in [3.05, 3.63) is 0 Å². The van der Waals surface area contributed by atoms with E-state index in [1.165, 1.54) is 180 Å². The van der Waals surface area contributed by atoms with E-state index in [1.54, 1.807) is 0 Å². The number of rotatable bonds is 73. The summed E-state index contributed by atoms with van der Waals surface area (Å²) in [5.74, 6) is 0.864. The quantitative estimate of drug-likeness (QED) is 0.0222. The van der Waals surface area contributed by atoms with E-state index in [0.717, 1.165) is 114 Å². The molecule has 564 valence electrons. The summed E-state index contributed by atoms with van der Waals surface area (Å²) in [5.41, 5.74) is 0. The molecule has 3 N–H and O–H groups in total. The molecule has 0 rings (SSSR count). The lowest BCUT2D eigenvalue weighted by atomic mass is 10.0. The molecule has 0 fully saturated rings. The van der Waals surface area contributed by atoms with Crippen molar-refractivity contribution in [2.75, 3.05) is 39.6 Å². The number of hydrogen-bond donors (Lipinski definition) is 3. The number of esters is 4. The normalized spacial score (nSPS) is 14.1. The summed E-state index contributed by atoms with van der Waals surface area (Å²) in [7, 11) is -9.91. The van der Waals surface area contributed by atoms with Crippen molar-refractivity contribution in [1.82, 2.24) is 0 Å². The van der Waals surface area contributed by atoms with Crippen LogP contribution in [0.3, 0.4) is 0 Å². The lowest BCUT2D eigenvalue weighted by Crippen LogP contribution is -2.30. The summed E-state index contributed by atoms with van der Waals surface area (Å²) in [6.07, 6.45) is 50.3. The first-order chi connectivity index (χ1) is 45.6. The second-order valence-electron chi connectivity index (χ2n) is 29.3. The number of carbonyl (C=O) groups excluding carboxylic acids is 4. The Morgan fingerprint density at radius 2 is 0.442 bits per heavy atom. The average Bonchev–Trinajstić information content (AvgIpc) is 1.30. The first kappa shape index (κ1) is 93.1. The third-order valence-corrected chi connectivity index (χ3v) is 19.5. The maximum Gasteiger partial charge on any atom is 0.472 e. The Kier molecular flexibility index (Phi) is 64.0. The smallest absolute Gasteiger partial charge is 0.462 e. The maximum atomic E-state index is 13.1.